The second-order valence-electron chi connectivity index (χ2n) is 6.16. The number of carbonyl (C=O) groups is 1. The Balaban J connectivity index is 1.85. The number of hydrogen-bond donors (Lipinski definition) is 1. The van der Waals surface area contributed by atoms with Crippen molar-refractivity contribution in [1.29, 1.82) is 0 Å². The van der Waals surface area contributed by atoms with Crippen molar-refractivity contribution in [3.05, 3.63) is 81.2 Å². The van der Waals surface area contributed by atoms with Crippen molar-refractivity contribution in [3.8, 4) is 0 Å². The lowest BCUT2D eigenvalue weighted by Crippen LogP contribution is -2.10. The molecule has 0 saturated heterocycles. The van der Waals surface area contributed by atoms with Crippen molar-refractivity contribution in [2.24, 2.45) is 0 Å². The Kier molecular flexibility index (Phi) is 4.52. The van der Waals surface area contributed by atoms with Crippen LogP contribution in [0.3, 0.4) is 0 Å². The molecule has 0 aliphatic heterocycles. The first-order chi connectivity index (χ1) is 11.9. The monoisotopic (exact) mass is 333 g/mol. The zero-order valence-corrected chi connectivity index (χ0v) is 14.4. The van der Waals surface area contributed by atoms with Gasteiger partial charge in [-0.3, -0.25) is 9.59 Å². The first-order valence-corrected chi connectivity index (χ1v) is 8.02. The van der Waals surface area contributed by atoms with Crippen LogP contribution in [0.5, 0.6) is 0 Å². The summed E-state index contributed by atoms with van der Waals surface area (Å²) in [6.07, 6.45) is 4.20. The summed E-state index contributed by atoms with van der Waals surface area (Å²) >= 11 is 0. The number of carbonyl (C=O) groups excluding carboxylic acids is 1. The van der Waals surface area contributed by atoms with Gasteiger partial charge in [-0.15, -0.1) is 0 Å². The molecule has 1 N–H and O–H groups in total. The Morgan fingerprint density at radius 1 is 1.04 bits per heavy atom. The lowest BCUT2D eigenvalue weighted by Gasteiger charge is -2.07. The van der Waals surface area contributed by atoms with E-state index in [9.17, 15) is 9.59 Å². The summed E-state index contributed by atoms with van der Waals surface area (Å²) in [4.78, 5) is 24.7. The number of rotatable bonds is 3. The number of fused-ring (bicyclic) bond motifs is 1. The molecule has 0 fully saturated rings. The molecule has 4 heteroatoms. The lowest BCUT2D eigenvalue weighted by atomic mass is 10.1. The molecule has 1 aromatic heterocycles. The van der Waals surface area contributed by atoms with Crippen LogP contribution in [0.2, 0.25) is 0 Å². The molecule has 0 atom stereocenters. The molecule has 25 heavy (non-hydrogen) atoms. The van der Waals surface area contributed by atoms with E-state index in [0.29, 0.717) is 16.5 Å². The van der Waals surface area contributed by atoms with Crippen LogP contribution in [0.25, 0.3) is 17.0 Å². The van der Waals surface area contributed by atoms with Gasteiger partial charge >= 0.3 is 0 Å². The molecule has 3 aromatic rings. The van der Waals surface area contributed by atoms with Gasteiger partial charge in [0.15, 0.2) is 5.43 Å². The maximum Gasteiger partial charge on any atom is 0.248 e. The van der Waals surface area contributed by atoms with Crippen LogP contribution in [-0.4, -0.2) is 5.91 Å². The number of anilines is 1. The van der Waals surface area contributed by atoms with Crippen LogP contribution in [0, 0.1) is 20.8 Å². The third-order valence-electron chi connectivity index (χ3n) is 4.02. The van der Waals surface area contributed by atoms with Gasteiger partial charge in [0.25, 0.3) is 0 Å². The molecule has 4 nitrogen and oxygen atoms in total. The highest BCUT2D eigenvalue weighted by atomic mass is 16.3. The standard InChI is InChI=1S/C21H19NO3/c1-13-5-8-19-17(10-13)21(24)16(12-25-19)7-9-20(23)22-18-11-14(2)4-6-15(18)3/h4-12H,1-3H3,(H,22,23)/b9-7+. The van der Waals surface area contributed by atoms with E-state index in [0.717, 1.165) is 22.4 Å². The number of amides is 1. The minimum atomic E-state index is -0.294. The summed E-state index contributed by atoms with van der Waals surface area (Å²) in [5.41, 5.74) is 4.51. The zero-order valence-electron chi connectivity index (χ0n) is 14.4. The number of nitrogens with one attached hydrogen (secondary N) is 1. The largest absolute Gasteiger partial charge is 0.463 e. The van der Waals surface area contributed by atoms with Crippen molar-refractivity contribution in [2.45, 2.75) is 20.8 Å². The normalized spacial score (nSPS) is 11.2. The second-order valence-corrected chi connectivity index (χ2v) is 6.16. The highest BCUT2D eigenvalue weighted by Crippen LogP contribution is 2.17. The van der Waals surface area contributed by atoms with Crippen LogP contribution in [0.4, 0.5) is 5.69 Å². The Bertz CT molecular complexity index is 1040. The number of benzene rings is 2. The highest BCUT2D eigenvalue weighted by Gasteiger charge is 2.06. The van der Waals surface area contributed by atoms with Gasteiger partial charge in [0.1, 0.15) is 11.8 Å². The van der Waals surface area contributed by atoms with E-state index in [2.05, 4.69) is 5.32 Å². The summed E-state index contributed by atoms with van der Waals surface area (Å²) in [5, 5.41) is 3.34. The predicted octanol–water partition coefficient (Wildman–Crippen LogP) is 4.37. The van der Waals surface area contributed by atoms with E-state index in [-0.39, 0.29) is 11.3 Å². The second kappa shape index (κ2) is 6.77. The average molecular weight is 333 g/mol. The maximum absolute atomic E-state index is 12.5. The van der Waals surface area contributed by atoms with Crippen molar-refractivity contribution < 1.29 is 9.21 Å². The molecule has 0 saturated carbocycles. The third kappa shape index (κ3) is 3.69. The van der Waals surface area contributed by atoms with Gasteiger partial charge in [-0.05, 0) is 56.2 Å². The molecular formula is C21H19NO3. The van der Waals surface area contributed by atoms with Crippen molar-refractivity contribution in [2.75, 3.05) is 5.32 Å². The number of hydrogen-bond acceptors (Lipinski definition) is 3. The van der Waals surface area contributed by atoms with E-state index in [1.807, 2.05) is 45.0 Å². The summed E-state index contributed by atoms with van der Waals surface area (Å²) < 4.78 is 5.48. The highest BCUT2D eigenvalue weighted by molar-refractivity contribution is 6.02. The van der Waals surface area contributed by atoms with Gasteiger partial charge in [0.2, 0.25) is 5.91 Å². The molecule has 0 radical (unpaired) electrons. The molecule has 3 rings (SSSR count). The molecular weight excluding hydrogens is 314 g/mol. The summed E-state index contributed by atoms with van der Waals surface area (Å²) in [7, 11) is 0. The Morgan fingerprint density at radius 3 is 2.56 bits per heavy atom. The minimum absolute atomic E-state index is 0.152. The summed E-state index contributed by atoms with van der Waals surface area (Å²) in [5.74, 6) is -0.294. The predicted molar refractivity (Wildman–Crippen MR) is 101 cm³/mol. The third-order valence-corrected chi connectivity index (χ3v) is 4.02. The molecule has 0 aliphatic carbocycles. The molecule has 1 heterocycles. The van der Waals surface area contributed by atoms with Crippen molar-refractivity contribution in [3.63, 3.8) is 0 Å². The quantitative estimate of drug-likeness (QED) is 0.724. The van der Waals surface area contributed by atoms with Crippen LogP contribution in [0.1, 0.15) is 22.3 Å². The van der Waals surface area contributed by atoms with Gasteiger partial charge in [0, 0.05) is 11.8 Å². The number of aryl methyl sites for hydroxylation is 3. The van der Waals surface area contributed by atoms with Gasteiger partial charge in [-0.1, -0.05) is 23.8 Å². The van der Waals surface area contributed by atoms with Gasteiger partial charge in [-0.25, -0.2) is 0 Å². The van der Waals surface area contributed by atoms with Crippen molar-refractivity contribution in [1.82, 2.24) is 0 Å². The molecule has 0 aliphatic rings. The molecule has 126 valence electrons. The molecule has 1 amide bonds. The average Bonchev–Trinajstić information content (AvgIpc) is 2.58. The maximum atomic E-state index is 12.5. The van der Waals surface area contributed by atoms with E-state index in [1.54, 1.807) is 12.1 Å². The fourth-order valence-electron chi connectivity index (χ4n) is 2.59. The molecule has 0 spiro atoms. The minimum Gasteiger partial charge on any atom is -0.463 e. The first kappa shape index (κ1) is 16.7. The Labute approximate surface area is 145 Å². The molecule has 2 aromatic carbocycles. The van der Waals surface area contributed by atoms with E-state index < -0.39 is 0 Å². The zero-order chi connectivity index (χ0) is 18.0. The fraction of sp³-hybridized carbons (Fsp3) is 0.143. The smallest absolute Gasteiger partial charge is 0.248 e. The van der Waals surface area contributed by atoms with E-state index in [4.69, 9.17) is 4.42 Å². The molecule has 0 unspecified atom stereocenters. The Hall–Kier alpha value is -3.14. The summed E-state index contributed by atoms with van der Waals surface area (Å²) in [6, 6.07) is 11.3. The fourth-order valence-corrected chi connectivity index (χ4v) is 2.59. The Morgan fingerprint density at radius 2 is 1.76 bits per heavy atom. The van der Waals surface area contributed by atoms with Crippen molar-refractivity contribution >= 4 is 28.6 Å². The van der Waals surface area contributed by atoms with Gasteiger partial charge < -0.3 is 9.73 Å². The van der Waals surface area contributed by atoms with Crippen LogP contribution < -0.4 is 10.7 Å². The van der Waals surface area contributed by atoms with Crippen LogP contribution in [0.15, 0.2) is 57.9 Å². The first-order valence-electron chi connectivity index (χ1n) is 8.02. The van der Waals surface area contributed by atoms with E-state index >= 15 is 0 Å². The van der Waals surface area contributed by atoms with Crippen LogP contribution >= 0.6 is 0 Å². The molecule has 0 bridgehead atoms. The topological polar surface area (TPSA) is 59.3 Å². The summed E-state index contributed by atoms with van der Waals surface area (Å²) in [6.45, 7) is 5.81. The van der Waals surface area contributed by atoms with Crippen LogP contribution in [-0.2, 0) is 4.79 Å². The van der Waals surface area contributed by atoms with Gasteiger partial charge in [0.05, 0.1) is 10.9 Å². The lowest BCUT2D eigenvalue weighted by molar-refractivity contribution is -0.111. The van der Waals surface area contributed by atoms with Gasteiger partial charge in [-0.2, -0.15) is 0 Å². The SMILES string of the molecule is Cc1ccc(C)c(NC(=O)/C=C/c2coc3ccc(C)cc3c2=O)c1. The van der Waals surface area contributed by atoms with E-state index in [1.165, 1.54) is 18.4 Å².